The standard InChI is InChI=1S/C19H31NO/c1-13(20-18(21)9-14-4-2-3-5-14)19-10-15-6-16(11-19)8-17(7-15)12-19/h13-17H,2-12H2,1H3,(H,20,21)/t13-,15?,16?,17?,19?/m1/s1. The predicted molar refractivity (Wildman–Crippen MR) is 84.8 cm³/mol. The Bertz CT molecular complexity index is 375. The monoisotopic (exact) mass is 289 g/mol. The lowest BCUT2D eigenvalue weighted by Crippen LogP contribution is -2.55. The molecule has 0 saturated heterocycles. The summed E-state index contributed by atoms with van der Waals surface area (Å²) in [6.45, 7) is 2.31. The van der Waals surface area contributed by atoms with Gasteiger partial charge in [0, 0.05) is 12.5 Å². The molecule has 4 bridgehead atoms. The zero-order valence-electron chi connectivity index (χ0n) is 13.6. The fourth-order valence-corrected chi connectivity index (χ4v) is 6.64. The molecule has 0 aromatic rings. The van der Waals surface area contributed by atoms with Gasteiger partial charge in [0.2, 0.25) is 5.91 Å². The lowest BCUT2D eigenvalue weighted by Gasteiger charge is -2.59. The summed E-state index contributed by atoms with van der Waals surface area (Å²) in [5.74, 6) is 3.94. The van der Waals surface area contributed by atoms with Crippen LogP contribution in [-0.4, -0.2) is 11.9 Å². The first-order valence-electron chi connectivity index (χ1n) is 9.42. The number of hydrogen-bond donors (Lipinski definition) is 1. The highest BCUT2D eigenvalue weighted by Crippen LogP contribution is 2.61. The molecule has 5 aliphatic rings. The van der Waals surface area contributed by atoms with Crippen molar-refractivity contribution in [1.29, 1.82) is 0 Å². The number of hydrogen-bond acceptors (Lipinski definition) is 1. The third kappa shape index (κ3) is 2.64. The van der Waals surface area contributed by atoms with Crippen LogP contribution < -0.4 is 5.32 Å². The molecule has 5 rings (SSSR count). The lowest BCUT2D eigenvalue weighted by atomic mass is 9.48. The number of nitrogens with one attached hydrogen (secondary N) is 1. The van der Waals surface area contributed by atoms with Gasteiger partial charge in [-0.3, -0.25) is 4.79 Å². The van der Waals surface area contributed by atoms with Gasteiger partial charge in [0.15, 0.2) is 0 Å². The van der Waals surface area contributed by atoms with Crippen LogP contribution in [0.4, 0.5) is 0 Å². The van der Waals surface area contributed by atoms with E-state index in [1.54, 1.807) is 0 Å². The van der Waals surface area contributed by atoms with Gasteiger partial charge in [0.25, 0.3) is 0 Å². The van der Waals surface area contributed by atoms with Crippen molar-refractivity contribution in [3.63, 3.8) is 0 Å². The molecule has 5 saturated carbocycles. The second-order valence-corrected chi connectivity index (χ2v) is 8.92. The largest absolute Gasteiger partial charge is 0.353 e. The van der Waals surface area contributed by atoms with Gasteiger partial charge in [-0.25, -0.2) is 0 Å². The summed E-state index contributed by atoms with van der Waals surface area (Å²) < 4.78 is 0. The van der Waals surface area contributed by atoms with Crippen molar-refractivity contribution in [2.45, 2.75) is 83.6 Å². The Labute approximate surface area is 129 Å². The van der Waals surface area contributed by atoms with Crippen LogP contribution >= 0.6 is 0 Å². The molecule has 1 atom stereocenters. The summed E-state index contributed by atoms with van der Waals surface area (Å²) >= 11 is 0. The van der Waals surface area contributed by atoms with Crippen LogP contribution in [0.2, 0.25) is 0 Å². The van der Waals surface area contributed by atoms with Crippen molar-refractivity contribution < 1.29 is 4.79 Å². The Morgan fingerprint density at radius 2 is 1.57 bits per heavy atom. The third-order valence-electron chi connectivity index (χ3n) is 7.33. The van der Waals surface area contributed by atoms with E-state index in [9.17, 15) is 4.79 Å². The first-order chi connectivity index (χ1) is 10.1. The SMILES string of the molecule is C[C@@H](NC(=O)CC1CCCC1)C12CC3CC(CC(C3)C1)C2. The van der Waals surface area contributed by atoms with Crippen LogP contribution in [0.15, 0.2) is 0 Å². The van der Waals surface area contributed by atoms with E-state index >= 15 is 0 Å². The second-order valence-electron chi connectivity index (χ2n) is 8.92. The minimum Gasteiger partial charge on any atom is -0.353 e. The number of amides is 1. The van der Waals surface area contributed by atoms with Gasteiger partial charge in [0.1, 0.15) is 0 Å². The summed E-state index contributed by atoms with van der Waals surface area (Å²) in [5, 5.41) is 3.42. The average molecular weight is 289 g/mol. The van der Waals surface area contributed by atoms with E-state index in [1.165, 1.54) is 64.2 Å². The van der Waals surface area contributed by atoms with Gasteiger partial charge in [-0.1, -0.05) is 12.8 Å². The summed E-state index contributed by atoms with van der Waals surface area (Å²) in [7, 11) is 0. The first kappa shape index (κ1) is 14.1. The maximum Gasteiger partial charge on any atom is 0.220 e. The minimum absolute atomic E-state index is 0.338. The van der Waals surface area contributed by atoms with E-state index in [-0.39, 0.29) is 0 Å². The molecule has 21 heavy (non-hydrogen) atoms. The van der Waals surface area contributed by atoms with Crippen molar-refractivity contribution in [3.8, 4) is 0 Å². The Balaban J connectivity index is 1.38. The summed E-state index contributed by atoms with van der Waals surface area (Å²) in [6.07, 6.45) is 14.7. The lowest BCUT2D eigenvalue weighted by molar-refractivity contribution is -0.126. The Morgan fingerprint density at radius 3 is 2.10 bits per heavy atom. The normalized spacial score (nSPS) is 43.2. The number of rotatable bonds is 4. The van der Waals surface area contributed by atoms with Crippen LogP contribution in [0.3, 0.4) is 0 Å². The molecule has 0 aromatic carbocycles. The molecule has 0 heterocycles. The van der Waals surface area contributed by atoms with Crippen LogP contribution in [0.25, 0.3) is 0 Å². The summed E-state index contributed by atoms with van der Waals surface area (Å²) in [4.78, 5) is 12.4. The van der Waals surface area contributed by atoms with Gasteiger partial charge in [-0.15, -0.1) is 0 Å². The molecular weight excluding hydrogens is 258 g/mol. The van der Waals surface area contributed by atoms with Crippen LogP contribution in [0.1, 0.15) is 77.6 Å². The van der Waals surface area contributed by atoms with Crippen molar-refractivity contribution >= 4 is 5.91 Å². The molecule has 2 nitrogen and oxygen atoms in total. The summed E-state index contributed by atoms with van der Waals surface area (Å²) in [6, 6.07) is 0.403. The Morgan fingerprint density at radius 1 is 1.05 bits per heavy atom. The van der Waals surface area contributed by atoms with Crippen molar-refractivity contribution in [2.75, 3.05) is 0 Å². The topological polar surface area (TPSA) is 29.1 Å². The van der Waals surface area contributed by atoms with E-state index < -0.39 is 0 Å². The average Bonchev–Trinajstić information content (AvgIpc) is 2.89. The Hall–Kier alpha value is -0.530. The highest BCUT2D eigenvalue weighted by Gasteiger charge is 2.53. The quantitative estimate of drug-likeness (QED) is 0.822. The van der Waals surface area contributed by atoms with E-state index in [4.69, 9.17) is 0 Å². The highest BCUT2D eigenvalue weighted by atomic mass is 16.1. The van der Waals surface area contributed by atoms with E-state index in [0.717, 1.165) is 24.2 Å². The van der Waals surface area contributed by atoms with Gasteiger partial charge < -0.3 is 5.32 Å². The molecule has 0 unspecified atom stereocenters. The van der Waals surface area contributed by atoms with Gasteiger partial charge >= 0.3 is 0 Å². The molecule has 1 N–H and O–H groups in total. The maximum atomic E-state index is 12.4. The van der Waals surface area contributed by atoms with Crippen molar-refractivity contribution in [2.24, 2.45) is 29.1 Å². The highest BCUT2D eigenvalue weighted by molar-refractivity contribution is 5.76. The van der Waals surface area contributed by atoms with E-state index in [2.05, 4.69) is 12.2 Å². The zero-order chi connectivity index (χ0) is 14.4. The third-order valence-corrected chi connectivity index (χ3v) is 7.33. The molecule has 0 aromatic heterocycles. The van der Waals surface area contributed by atoms with E-state index in [0.29, 0.717) is 23.3 Å². The molecular formula is C19H31NO. The smallest absolute Gasteiger partial charge is 0.220 e. The molecule has 118 valence electrons. The first-order valence-corrected chi connectivity index (χ1v) is 9.42. The van der Waals surface area contributed by atoms with Gasteiger partial charge in [0.05, 0.1) is 0 Å². The van der Waals surface area contributed by atoms with Crippen molar-refractivity contribution in [3.05, 3.63) is 0 Å². The number of carbonyl (C=O) groups is 1. The number of carbonyl (C=O) groups excluding carboxylic acids is 1. The maximum absolute atomic E-state index is 12.4. The molecule has 0 spiro atoms. The van der Waals surface area contributed by atoms with E-state index in [1.807, 2.05) is 0 Å². The molecule has 5 fully saturated rings. The van der Waals surface area contributed by atoms with Crippen molar-refractivity contribution in [1.82, 2.24) is 5.32 Å². The molecule has 1 amide bonds. The molecule has 0 aliphatic heterocycles. The minimum atomic E-state index is 0.338. The van der Waals surface area contributed by atoms with Crippen LogP contribution in [0.5, 0.6) is 0 Å². The molecule has 5 aliphatic carbocycles. The summed E-state index contributed by atoms with van der Waals surface area (Å²) in [5.41, 5.74) is 0.458. The fraction of sp³-hybridized carbons (Fsp3) is 0.947. The Kier molecular flexibility index (Phi) is 3.54. The fourth-order valence-electron chi connectivity index (χ4n) is 6.64. The van der Waals surface area contributed by atoms with Gasteiger partial charge in [-0.05, 0) is 87.4 Å². The van der Waals surface area contributed by atoms with Crippen LogP contribution in [-0.2, 0) is 4.79 Å². The second kappa shape index (κ2) is 5.28. The van der Waals surface area contributed by atoms with Gasteiger partial charge in [-0.2, -0.15) is 0 Å². The molecule has 0 radical (unpaired) electrons. The predicted octanol–water partition coefficient (Wildman–Crippen LogP) is 4.29. The zero-order valence-corrected chi connectivity index (χ0v) is 13.6. The van der Waals surface area contributed by atoms with Crippen LogP contribution in [0, 0.1) is 29.1 Å². The molecule has 2 heteroatoms.